The first kappa shape index (κ1) is 18.5. The molecule has 1 aliphatic rings. The van der Waals surface area contributed by atoms with Crippen molar-refractivity contribution in [1.29, 1.82) is 0 Å². The fourth-order valence-corrected chi connectivity index (χ4v) is 3.45. The maximum Gasteiger partial charge on any atom is 0.410 e. The van der Waals surface area contributed by atoms with Gasteiger partial charge in [-0.05, 0) is 59.1 Å². The number of carbonyl (C=O) groups excluding carboxylic acids is 1. The van der Waals surface area contributed by atoms with Crippen LogP contribution in [0.3, 0.4) is 0 Å². The maximum absolute atomic E-state index is 12.2. The molecule has 0 bridgehead atoms. The van der Waals surface area contributed by atoms with Gasteiger partial charge in [0.15, 0.2) is 0 Å². The zero-order valence-corrected chi connectivity index (χ0v) is 16.4. The summed E-state index contributed by atoms with van der Waals surface area (Å²) in [5, 5.41) is 5.69. The Labute approximate surface area is 155 Å². The highest BCUT2D eigenvalue weighted by Gasteiger charge is 2.28. The lowest BCUT2D eigenvalue weighted by Crippen LogP contribution is -2.42. The number of likely N-dealkylation sites (tertiary alicyclic amines) is 1. The van der Waals surface area contributed by atoms with Gasteiger partial charge in [-0.3, -0.25) is 4.68 Å². The summed E-state index contributed by atoms with van der Waals surface area (Å²) in [6.07, 6.45) is 3.41. The van der Waals surface area contributed by atoms with E-state index in [4.69, 9.17) is 9.47 Å². The summed E-state index contributed by atoms with van der Waals surface area (Å²) in [5.74, 6) is 0.919. The normalized spacial score (nSPS) is 16.1. The van der Waals surface area contributed by atoms with E-state index in [1.165, 1.54) is 0 Å². The van der Waals surface area contributed by atoms with Gasteiger partial charge in [-0.2, -0.15) is 5.10 Å². The van der Waals surface area contributed by atoms with Crippen molar-refractivity contribution in [2.24, 2.45) is 0 Å². The predicted octanol–water partition coefficient (Wildman–Crippen LogP) is 4.32. The van der Waals surface area contributed by atoms with Crippen molar-refractivity contribution in [2.75, 3.05) is 19.7 Å². The molecule has 0 saturated carbocycles. The SMILES string of the molecule is CCOc1c(C)ccc2c1cnn2C1CCN(C(=O)OC(C)(C)C)CC1. The van der Waals surface area contributed by atoms with Crippen molar-refractivity contribution in [3.05, 3.63) is 23.9 Å². The molecule has 3 rings (SSSR count). The lowest BCUT2D eigenvalue weighted by Gasteiger charge is -2.33. The average molecular weight is 359 g/mol. The Hall–Kier alpha value is -2.24. The molecule has 1 amide bonds. The molecule has 2 heterocycles. The highest BCUT2D eigenvalue weighted by molar-refractivity contribution is 5.86. The van der Waals surface area contributed by atoms with Gasteiger partial charge < -0.3 is 14.4 Å². The van der Waals surface area contributed by atoms with Crippen molar-refractivity contribution < 1.29 is 14.3 Å². The van der Waals surface area contributed by atoms with Crippen LogP contribution in [0.5, 0.6) is 5.75 Å². The number of benzene rings is 1. The highest BCUT2D eigenvalue weighted by atomic mass is 16.6. The van der Waals surface area contributed by atoms with Gasteiger partial charge in [0.05, 0.1) is 29.7 Å². The molecule has 0 atom stereocenters. The fourth-order valence-electron chi connectivity index (χ4n) is 3.45. The third-order valence-corrected chi connectivity index (χ3v) is 4.68. The number of ether oxygens (including phenoxy) is 2. The van der Waals surface area contributed by atoms with Crippen LogP contribution in [0, 0.1) is 6.92 Å². The van der Waals surface area contributed by atoms with Gasteiger partial charge in [0.25, 0.3) is 0 Å². The summed E-state index contributed by atoms with van der Waals surface area (Å²) in [4.78, 5) is 14.0. The first-order valence-electron chi connectivity index (χ1n) is 9.37. The van der Waals surface area contributed by atoms with E-state index in [-0.39, 0.29) is 12.1 Å². The molecule has 1 aliphatic heterocycles. The molecule has 0 spiro atoms. The van der Waals surface area contributed by atoms with E-state index in [0.717, 1.165) is 35.1 Å². The molecule has 1 aromatic heterocycles. The van der Waals surface area contributed by atoms with E-state index in [1.807, 2.05) is 33.9 Å². The number of amides is 1. The molecular formula is C20H29N3O3. The predicted molar refractivity (Wildman–Crippen MR) is 102 cm³/mol. The third-order valence-electron chi connectivity index (χ3n) is 4.68. The summed E-state index contributed by atoms with van der Waals surface area (Å²) in [6.45, 7) is 11.7. The monoisotopic (exact) mass is 359 g/mol. The first-order chi connectivity index (χ1) is 12.3. The van der Waals surface area contributed by atoms with Crippen LogP contribution in [-0.2, 0) is 4.74 Å². The van der Waals surface area contributed by atoms with Crippen LogP contribution in [0.1, 0.15) is 52.1 Å². The molecule has 0 radical (unpaired) electrons. The Kier molecular flexibility index (Phi) is 5.12. The Morgan fingerprint density at radius 3 is 2.58 bits per heavy atom. The molecule has 0 N–H and O–H groups in total. The van der Waals surface area contributed by atoms with Crippen LogP contribution in [0.15, 0.2) is 18.3 Å². The van der Waals surface area contributed by atoms with Gasteiger partial charge >= 0.3 is 6.09 Å². The Morgan fingerprint density at radius 2 is 1.96 bits per heavy atom. The van der Waals surface area contributed by atoms with E-state index in [1.54, 1.807) is 4.90 Å². The summed E-state index contributed by atoms with van der Waals surface area (Å²) < 4.78 is 13.4. The Morgan fingerprint density at radius 1 is 1.27 bits per heavy atom. The molecule has 26 heavy (non-hydrogen) atoms. The number of piperidine rings is 1. The maximum atomic E-state index is 12.2. The quantitative estimate of drug-likeness (QED) is 0.819. The van der Waals surface area contributed by atoms with Crippen molar-refractivity contribution >= 4 is 17.0 Å². The van der Waals surface area contributed by atoms with Crippen molar-refractivity contribution in [2.45, 2.75) is 59.1 Å². The average Bonchev–Trinajstić information content (AvgIpc) is 3.00. The Balaban J connectivity index is 1.74. The van der Waals surface area contributed by atoms with Gasteiger partial charge in [0.2, 0.25) is 0 Å². The number of aryl methyl sites for hydroxylation is 1. The van der Waals surface area contributed by atoms with E-state index in [2.05, 4.69) is 28.8 Å². The second-order valence-corrected chi connectivity index (χ2v) is 7.87. The van der Waals surface area contributed by atoms with E-state index in [9.17, 15) is 4.79 Å². The van der Waals surface area contributed by atoms with Gasteiger partial charge in [-0.15, -0.1) is 0 Å². The number of hydrogen-bond acceptors (Lipinski definition) is 4. The number of rotatable bonds is 3. The van der Waals surface area contributed by atoms with Gasteiger partial charge in [-0.1, -0.05) is 6.07 Å². The first-order valence-corrected chi connectivity index (χ1v) is 9.37. The summed E-state index contributed by atoms with van der Waals surface area (Å²) in [5.41, 5.74) is 1.76. The number of nitrogens with zero attached hydrogens (tertiary/aromatic N) is 3. The molecule has 0 aliphatic carbocycles. The van der Waals surface area contributed by atoms with Crippen LogP contribution in [0.2, 0.25) is 0 Å². The summed E-state index contributed by atoms with van der Waals surface area (Å²) in [7, 11) is 0. The van der Waals surface area contributed by atoms with Gasteiger partial charge in [0.1, 0.15) is 11.4 Å². The van der Waals surface area contributed by atoms with Crippen molar-refractivity contribution in [1.82, 2.24) is 14.7 Å². The van der Waals surface area contributed by atoms with Gasteiger partial charge in [-0.25, -0.2) is 4.79 Å². The highest BCUT2D eigenvalue weighted by Crippen LogP contribution is 2.33. The fraction of sp³-hybridized carbons (Fsp3) is 0.600. The lowest BCUT2D eigenvalue weighted by molar-refractivity contribution is 0.0186. The molecule has 6 nitrogen and oxygen atoms in total. The van der Waals surface area contributed by atoms with E-state index >= 15 is 0 Å². The molecular weight excluding hydrogens is 330 g/mol. The smallest absolute Gasteiger partial charge is 0.410 e. The zero-order chi connectivity index (χ0) is 18.9. The molecule has 0 unspecified atom stereocenters. The number of carbonyl (C=O) groups is 1. The van der Waals surface area contributed by atoms with Crippen molar-refractivity contribution in [3.8, 4) is 5.75 Å². The Bertz CT molecular complexity index is 783. The van der Waals surface area contributed by atoms with Crippen LogP contribution in [0.4, 0.5) is 4.79 Å². The largest absolute Gasteiger partial charge is 0.493 e. The minimum absolute atomic E-state index is 0.226. The summed E-state index contributed by atoms with van der Waals surface area (Å²) in [6, 6.07) is 4.48. The third kappa shape index (κ3) is 3.79. The van der Waals surface area contributed by atoms with E-state index in [0.29, 0.717) is 19.7 Å². The topological polar surface area (TPSA) is 56.6 Å². The van der Waals surface area contributed by atoms with Crippen LogP contribution < -0.4 is 4.74 Å². The minimum atomic E-state index is -0.459. The molecule has 1 fully saturated rings. The number of hydrogen-bond donors (Lipinski definition) is 0. The summed E-state index contributed by atoms with van der Waals surface area (Å²) >= 11 is 0. The number of fused-ring (bicyclic) bond motifs is 1. The van der Waals surface area contributed by atoms with E-state index < -0.39 is 5.60 Å². The molecule has 2 aromatic rings. The van der Waals surface area contributed by atoms with Crippen LogP contribution >= 0.6 is 0 Å². The van der Waals surface area contributed by atoms with Crippen LogP contribution in [0.25, 0.3) is 10.9 Å². The molecule has 6 heteroatoms. The number of aromatic nitrogens is 2. The standard InChI is InChI=1S/C20H29N3O3/c1-6-25-18-14(2)7-8-17-16(18)13-21-23(17)15-9-11-22(12-10-15)19(24)26-20(3,4)5/h7-8,13,15H,6,9-12H2,1-5H3. The van der Waals surface area contributed by atoms with Gasteiger partial charge in [0, 0.05) is 13.1 Å². The van der Waals surface area contributed by atoms with Crippen LogP contribution in [-0.4, -0.2) is 46.1 Å². The molecule has 1 saturated heterocycles. The molecule has 142 valence electrons. The van der Waals surface area contributed by atoms with Crippen molar-refractivity contribution in [3.63, 3.8) is 0 Å². The second-order valence-electron chi connectivity index (χ2n) is 7.87. The second kappa shape index (κ2) is 7.17. The lowest BCUT2D eigenvalue weighted by atomic mass is 10.0. The molecule has 1 aromatic carbocycles. The zero-order valence-electron chi connectivity index (χ0n) is 16.4. The minimum Gasteiger partial charge on any atom is -0.493 e.